The minimum atomic E-state index is -1.06. The first-order valence-electron chi connectivity index (χ1n) is 7.42. The first-order chi connectivity index (χ1) is 10.9. The second-order valence-electron chi connectivity index (χ2n) is 5.33. The molecular formula is C15H20N4O4. The lowest BCUT2D eigenvalue weighted by atomic mass is 10.1. The summed E-state index contributed by atoms with van der Waals surface area (Å²) in [5.74, 6) is -0.993. The van der Waals surface area contributed by atoms with E-state index in [0.29, 0.717) is 17.7 Å². The maximum atomic E-state index is 12.3. The van der Waals surface area contributed by atoms with Crippen LogP contribution in [0.4, 0.5) is 0 Å². The highest BCUT2D eigenvalue weighted by Gasteiger charge is 2.24. The van der Waals surface area contributed by atoms with Crippen LogP contribution >= 0.6 is 0 Å². The monoisotopic (exact) mass is 320 g/mol. The van der Waals surface area contributed by atoms with Gasteiger partial charge >= 0.3 is 5.97 Å². The van der Waals surface area contributed by atoms with Crippen molar-refractivity contribution in [2.75, 3.05) is 0 Å². The van der Waals surface area contributed by atoms with E-state index in [9.17, 15) is 14.7 Å². The quantitative estimate of drug-likeness (QED) is 0.804. The number of hydrogen-bond donors (Lipinski definition) is 2. The summed E-state index contributed by atoms with van der Waals surface area (Å²) in [5, 5.41) is 15.7. The number of rotatable bonds is 7. The first kappa shape index (κ1) is 16.7. The van der Waals surface area contributed by atoms with Crippen molar-refractivity contribution < 1.29 is 19.1 Å². The van der Waals surface area contributed by atoms with Crippen molar-refractivity contribution in [1.82, 2.24) is 20.1 Å². The summed E-state index contributed by atoms with van der Waals surface area (Å²) in [5.41, 5.74) is 0.738. The van der Waals surface area contributed by atoms with Crippen LogP contribution in [0, 0.1) is 6.92 Å². The molecule has 2 rings (SSSR count). The third-order valence-corrected chi connectivity index (χ3v) is 3.41. The Morgan fingerprint density at radius 1 is 1.48 bits per heavy atom. The third-order valence-electron chi connectivity index (χ3n) is 3.41. The summed E-state index contributed by atoms with van der Waals surface area (Å²) in [6, 6.07) is -0.930. The summed E-state index contributed by atoms with van der Waals surface area (Å²) in [6.07, 6.45) is 5.25. The average molecular weight is 320 g/mol. The van der Waals surface area contributed by atoms with Crippen molar-refractivity contribution in [3.8, 4) is 11.5 Å². The molecule has 0 bridgehead atoms. The Labute approximate surface area is 133 Å². The number of amides is 1. The highest BCUT2D eigenvalue weighted by molar-refractivity contribution is 5.96. The van der Waals surface area contributed by atoms with Crippen LogP contribution in [0.1, 0.15) is 42.4 Å². The number of aromatic nitrogens is 3. The van der Waals surface area contributed by atoms with Crippen LogP contribution in [0.5, 0.6) is 0 Å². The normalized spacial score (nSPS) is 12.1. The van der Waals surface area contributed by atoms with Gasteiger partial charge in [0.05, 0.1) is 11.8 Å². The van der Waals surface area contributed by atoms with Crippen LogP contribution in [0.25, 0.3) is 11.5 Å². The first-order valence-corrected chi connectivity index (χ1v) is 7.42. The molecular weight excluding hydrogens is 300 g/mol. The summed E-state index contributed by atoms with van der Waals surface area (Å²) in [4.78, 5) is 27.7. The van der Waals surface area contributed by atoms with Crippen LogP contribution in [-0.2, 0) is 11.8 Å². The van der Waals surface area contributed by atoms with Gasteiger partial charge in [0.2, 0.25) is 5.89 Å². The Bertz CT molecular complexity index is 704. The van der Waals surface area contributed by atoms with E-state index in [2.05, 4.69) is 15.4 Å². The van der Waals surface area contributed by atoms with Crippen molar-refractivity contribution in [3.63, 3.8) is 0 Å². The Hall–Kier alpha value is -2.64. The molecule has 0 aromatic carbocycles. The van der Waals surface area contributed by atoms with Gasteiger partial charge in [0.25, 0.3) is 5.91 Å². The number of carboxylic acids is 1. The summed E-state index contributed by atoms with van der Waals surface area (Å²) in [6.45, 7) is 3.58. The number of oxazole rings is 1. The Morgan fingerprint density at radius 2 is 2.22 bits per heavy atom. The minimum absolute atomic E-state index is 0.0894. The number of carbonyl (C=O) groups excluding carboxylic acids is 1. The number of carbonyl (C=O) groups is 2. The van der Waals surface area contributed by atoms with Gasteiger partial charge in [-0.15, -0.1) is 0 Å². The van der Waals surface area contributed by atoms with Gasteiger partial charge in [-0.05, 0) is 13.3 Å². The van der Waals surface area contributed by atoms with Gasteiger partial charge in [-0.3, -0.25) is 9.48 Å². The van der Waals surface area contributed by atoms with Crippen molar-refractivity contribution in [3.05, 3.63) is 23.8 Å². The van der Waals surface area contributed by atoms with E-state index >= 15 is 0 Å². The van der Waals surface area contributed by atoms with Gasteiger partial charge in [-0.2, -0.15) is 5.10 Å². The molecule has 0 aliphatic carbocycles. The molecule has 2 aromatic rings. The van der Waals surface area contributed by atoms with Gasteiger partial charge in [0.15, 0.2) is 5.69 Å². The number of carboxylic acid groups (broad SMARTS) is 1. The molecule has 0 saturated carbocycles. The number of unbranched alkanes of at least 4 members (excludes halogenated alkanes) is 1. The molecule has 1 atom stereocenters. The predicted octanol–water partition coefficient (Wildman–Crippen LogP) is 1.76. The Morgan fingerprint density at radius 3 is 2.78 bits per heavy atom. The van der Waals surface area contributed by atoms with Gasteiger partial charge < -0.3 is 14.8 Å². The molecule has 2 aromatic heterocycles. The molecule has 23 heavy (non-hydrogen) atoms. The number of nitrogens with zero attached hydrogens (tertiary/aromatic N) is 3. The van der Waals surface area contributed by atoms with E-state index in [1.807, 2.05) is 6.92 Å². The van der Waals surface area contributed by atoms with Crippen LogP contribution in [0.2, 0.25) is 0 Å². The van der Waals surface area contributed by atoms with Gasteiger partial charge in [0.1, 0.15) is 11.8 Å². The zero-order valence-electron chi connectivity index (χ0n) is 13.4. The number of hydrogen-bond acceptors (Lipinski definition) is 5. The van der Waals surface area contributed by atoms with Crippen molar-refractivity contribution >= 4 is 11.9 Å². The SMILES string of the molecule is CCCCC(NC(=O)c1nc(-c2cnn(C)c2)oc1C)C(=O)O. The van der Waals surface area contributed by atoms with Crippen molar-refractivity contribution in [1.29, 1.82) is 0 Å². The molecule has 124 valence electrons. The molecule has 1 amide bonds. The van der Waals surface area contributed by atoms with Gasteiger partial charge in [-0.1, -0.05) is 19.8 Å². The lowest BCUT2D eigenvalue weighted by Gasteiger charge is -2.13. The zero-order chi connectivity index (χ0) is 17.0. The predicted molar refractivity (Wildman–Crippen MR) is 81.9 cm³/mol. The van der Waals surface area contributed by atoms with Gasteiger partial charge in [0, 0.05) is 13.2 Å². The van der Waals surface area contributed by atoms with Crippen LogP contribution in [0.15, 0.2) is 16.8 Å². The largest absolute Gasteiger partial charge is 0.480 e. The molecule has 0 spiro atoms. The van der Waals surface area contributed by atoms with Gasteiger partial charge in [-0.25, -0.2) is 9.78 Å². The number of aryl methyl sites for hydroxylation is 2. The van der Waals surface area contributed by atoms with E-state index in [-0.39, 0.29) is 11.6 Å². The van der Waals surface area contributed by atoms with E-state index in [1.165, 1.54) is 0 Å². The molecule has 0 fully saturated rings. The van der Waals surface area contributed by atoms with Crippen LogP contribution in [-0.4, -0.2) is 37.8 Å². The van der Waals surface area contributed by atoms with E-state index in [1.54, 1.807) is 31.0 Å². The molecule has 0 saturated heterocycles. The zero-order valence-corrected chi connectivity index (χ0v) is 13.4. The fourth-order valence-electron chi connectivity index (χ4n) is 2.15. The van der Waals surface area contributed by atoms with Crippen LogP contribution in [0.3, 0.4) is 0 Å². The Balaban J connectivity index is 2.16. The summed E-state index contributed by atoms with van der Waals surface area (Å²) >= 11 is 0. The molecule has 2 heterocycles. The third kappa shape index (κ3) is 3.97. The van der Waals surface area contributed by atoms with E-state index in [0.717, 1.165) is 12.8 Å². The lowest BCUT2D eigenvalue weighted by molar-refractivity contribution is -0.139. The maximum Gasteiger partial charge on any atom is 0.326 e. The number of aliphatic carboxylic acids is 1. The van der Waals surface area contributed by atoms with E-state index < -0.39 is 17.9 Å². The minimum Gasteiger partial charge on any atom is -0.480 e. The molecule has 0 aliphatic rings. The summed E-state index contributed by atoms with van der Waals surface area (Å²) < 4.78 is 7.08. The molecule has 2 N–H and O–H groups in total. The fourth-order valence-corrected chi connectivity index (χ4v) is 2.15. The van der Waals surface area contributed by atoms with Crippen LogP contribution < -0.4 is 5.32 Å². The van der Waals surface area contributed by atoms with Crippen molar-refractivity contribution in [2.24, 2.45) is 7.05 Å². The Kier molecular flexibility index (Phi) is 5.15. The number of nitrogens with one attached hydrogen (secondary N) is 1. The topological polar surface area (TPSA) is 110 Å². The average Bonchev–Trinajstić information content (AvgIpc) is 3.09. The second kappa shape index (κ2) is 7.08. The lowest BCUT2D eigenvalue weighted by Crippen LogP contribution is -2.41. The second-order valence-corrected chi connectivity index (χ2v) is 5.33. The highest BCUT2D eigenvalue weighted by atomic mass is 16.4. The molecule has 8 heteroatoms. The molecule has 0 radical (unpaired) electrons. The summed E-state index contributed by atoms with van der Waals surface area (Å²) in [7, 11) is 1.76. The molecule has 0 aliphatic heterocycles. The van der Waals surface area contributed by atoms with Crippen molar-refractivity contribution in [2.45, 2.75) is 39.2 Å². The molecule has 1 unspecified atom stereocenters. The molecule has 8 nitrogen and oxygen atoms in total. The smallest absolute Gasteiger partial charge is 0.326 e. The maximum absolute atomic E-state index is 12.3. The fraction of sp³-hybridized carbons (Fsp3) is 0.467. The van der Waals surface area contributed by atoms with E-state index in [4.69, 9.17) is 4.42 Å². The highest BCUT2D eigenvalue weighted by Crippen LogP contribution is 2.21. The standard InChI is InChI=1S/C15H20N4O4/c1-4-5-6-11(15(21)22)17-13(20)12-9(2)23-14(18-12)10-7-16-19(3)8-10/h7-8,11H,4-6H2,1-3H3,(H,17,20)(H,21,22).